The molecule has 2 aromatic carbocycles. The molecule has 3 N–H and O–H groups in total. The molecule has 26 heavy (non-hydrogen) atoms. The fourth-order valence-corrected chi connectivity index (χ4v) is 2.99. The molecule has 0 aliphatic rings. The Morgan fingerprint density at radius 2 is 2.00 bits per heavy atom. The molecule has 0 aromatic heterocycles. The monoisotopic (exact) mass is 375 g/mol. The van der Waals surface area contributed by atoms with E-state index in [0.29, 0.717) is 11.4 Å². The number of nitrogens with zero attached hydrogens (tertiary/aromatic N) is 1. The van der Waals surface area contributed by atoms with E-state index in [4.69, 9.17) is 10.5 Å². The van der Waals surface area contributed by atoms with Crippen molar-refractivity contribution in [3.8, 4) is 5.75 Å². The standard InChI is InChI=1S/C17H17N3O5S/c1-10-3-5-14(25-2)12(7-10)19-16(21)9-26-15-6-4-11(17(18)22)8-13(15)20(23)24/h3-8H,9H2,1-2H3,(H2,18,22)(H,19,21). The number of aryl methyl sites for hydroxylation is 1. The lowest BCUT2D eigenvalue weighted by Gasteiger charge is -2.11. The zero-order chi connectivity index (χ0) is 19.3. The molecular formula is C17H17N3O5S. The van der Waals surface area contributed by atoms with Gasteiger partial charge in [0, 0.05) is 11.6 Å². The zero-order valence-electron chi connectivity index (χ0n) is 14.1. The fraction of sp³-hybridized carbons (Fsp3) is 0.176. The van der Waals surface area contributed by atoms with Crippen LogP contribution in [-0.2, 0) is 4.79 Å². The largest absolute Gasteiger partial charge is 0.495 e. The molecule has 9 heteroatoms. The Morgan fingerprint density at radius 1 is 1.27 bits per heavy atom. The summed E-state index contributed by atoms with van der Waals surface area (Å²) in [4.78, 5) is 34.2. The third-order valence-electron chi connectivity index (χ3n) is 3.43. The van der Waals surface area contributed by atoms with Crippen molar-refractivity contribution in [2.24, 2.45) is 5.73 Å². The number of nitrogens with two attached hydrogens (primary N) is 1. The quantitative estimate of drug-likeness (QED) is 0.435. The maximum atomic E-state index is 12.2. The lowest BCUT2D eigenvalue weighted by atomic mass is 10.2. The normalized spacial score (nSPS) is 10.2. The smallest absolute Gasteiger partial charge is 0.283 e. The number of benzene rings is 2. The number of carbonyl (C=O) groups is 2. The predicted octanol–water partition coefficient (Wildman–Crippen LogP) is 2.74. The van der Waals surface area contributed by atoms with Gasteiger partial charge in [0.15, 0.2) is 0 Å². The van der Waals surface area contributed by atoms with Crippen LogP contribution in [0.15, 0.2) is 41.3 Å². The number of hydrogen-bond acceptors (Lipinski definition) is 6. The number of rotatable bonds is 7. The predicted molar refractivity (Wildman–Crippen MR) is 98.7 cm³/mol. The Morgan fingerprint density at radius 3 is 2.62 bits per heavy atom. The van der Waals surface area contributed by atoms with Gasteiger partial charge in [-0.1, -0.05) is 6.07 Å². The van der Waals surface area contributed by atoms with Crippen molar-refractivity contribution in [2.45, 2.75) is 11.8 Å². The van der Waals surface area contributed by atoms with Gasteiger partial charge in [0.05, 0.1) is 28.4 Å². The van der Waals surface area contributed by atoms with E-state index in [0.717, 1.165) is 23.4 Å². The van der Waals surface area contributed by atoms with Gasteiger partial charge in [-0.25, -0.2) is 0 Å². The van der Waals surface area contributed by atoms with Crippen molar-refractivity contribution in [3.05, 3.63) is 57.6 Å². The van der Waals surface area contributed by atoms with Crippen molar-refractivity contribution in [3.63, 3.8) is 0 Å². The molecule has 0 unspecified atom stereocenters. The molecule has 0 heterocycles. The molecule has 0 spiro atoms. The van der Waals surface area contributed by atoms with Crippen LogP contribution >= 0.6 is 11.8 Å². The highest BCUT2D eigenvalue weighted by molar-refractivity contribution is 8.00. The lowest BCUT2D eigenvalue weighted by molar-refractivity contribution is -0.387. The molecule has 136 valence electrons. The van der Waals surface area contributed by atoms with Gasteiger partial charge < -0.3 is 15.8 Å². The number of methoxy groups -OCH3 is 1. The van der Waals surface area contributed by atoms with Crippen molar-refractivity contribution >= 4 is 35.0 Å². The van der Waals surface area contributed by atoms with Gasteiger partial charge in [-0.2, -0.15) is 0 Å². The highest BCUT2D eigenvalue weighted by atomic mass is 32.2. The number of ether oxygens (including phenoxy) is 1. The van der Waals surface area contributed by atoms with E-state index in [1.807, 2.05) is 13.0 Å². The lowest BCUT2D eigenvalue weighted by Crippen LogP contribution is -2.15. The molecule has 0 fully saturated rings. The summed E-state index contributed by atoms with van der Waals surface area (Å²) >= 11 is 0.994. The molecule has 0 atom stereocenters. The Labute approximate surface area is 153 Å². The van der Waals surface area contributed by atoms with E-state index in [1.54, 1.807) is 12.1 Å². The van der Waals surface area contributed by atoms with Gasteiger partial charge in [0.1, 0.15) is 5.75 Å². The maximum absolute atomic E-state index is 12.2. The van der Waals surface area contributed by atoms with Gasteiger partial charge in [0.25, 0.3) is 5.69 Å². The number of nitro benzene ring substituents is 1. The van der Waals surface area contributed by atoms with Crippen molar-refractivity contribution in [1.82, 2.24) is 0 Å². The Hall–Kier alpha value is -3.07. The number of primary amides is 1. The molecule has 0 radical (unpaired) electrons. The number of amides is 2. The number of anilines is 1. The summed E-state index contributed by atoms with van der Waals surface area (Å²) in [6.45, 7) is 1.88. The third kappa shape index (κ3) is 4.73. The Kier molecular flexibility index (Phi) is 6.18. The summed E-state index contributed by atoms with van der Waals surface area (Å²) < 4.78 is 5.20. The fourth-order valence-electron chi connectivity index (χ4n) is 2.18. The van der Waals surface area contributed by atoms with Gasteiger partial charge >= 0.3 is 0 Å². The third-order valence-corrected chi connectivity index (χ3v) is 4.49. The first-order valence-electron chi connectivity index (χ1n) is 7.47. The molecule has 0 bridgehead atoms. The van der Waals surface area contributed by atoms with Crippen LogP contribution in [0, 0.1) is 17.0 Å². The number of hydrogen-bond donors (Lipinski definition) is 2. The second-order valence-electron chi connectivity index (χ2n) is 5.34. The SMILES string of the molecule is COc1ccc(C)cc1NC(=O)CSc1ccc(C(N)=O)cc1[N+](=O)[O-]. The topological polar surface area (TPSA) is 125 Å². The van der Waals surface area contributed by atoms with Crippen molar-refractivity contribution in [1.29, 1.82) is 0 Å². The average molecular weight is 375 g/mol. The van der Waals surface area contributed by atoms with Crippen LogP contribution in [0.4, 0.5) is 11.4 Å². The van der Waals surface area contributed by atoms with Gasteiger partial charge in [-0.05, 0) is 36.8 Å². The first-order chi connectivity index (χ1) is 12.3. The molecule has 0 aliphatic heterocycles. The number of nitrogens with one attached hydrogen (secondary N) is 1. The van der Waals surface area contributed by atoms with E-state index >= 15 is 0 Å². The van der Waals surface area contributed by atoms with Crippen LogP contribution in [0.2, 0.25) is 0 Å². The van der Waals surface area contributed by atoms with E-state index in [9.17, 15) is 19.7 Å². The second-order valence-corrected chi connectivity index (χ2v) is 6.36. The Bertz CT molecular complexity index is 869. The maximum Gasteiger partial charge on any atom is 0.283 e. The van der Waals surface area contributed by atoms with E-state index < -0.39 is 10.8 Å². The van der Waals surface area contributed by atoms with Crippen molar-refractivity contribution < 1.29 is 19.2 Å². The molecule has 0 saturated carbocycles. The second kappa shape index (κ2) is 8.34. The van der Waals surface area contributed by atoms with E-state index in [-0.39, 0.29) is 27.8 Å². The molecule has 0 saturated heterocycles. The minimum atomic E-state index is -0.756. The van der Waals surface area contributed by atoms with Crippen LogP contribution in [0.1, 0.15) is 15.9 Å². The summed E-state index contributed by atoms with van der Waals surface area (Å²) in [5.41, 5.74) is 6.38. The summed E-state index contributed by atoms with van der Waals surface area (Å²) in [6.07, 6.45) is 0. The summed E-state index contributed by atoms with van der Waals surface area (Å²) in [5.74, 6) is -0.625. The molecule has 2 rings (SSSR count). The molecule has 2 amide bonds. The van der Waals surface area contributed by atoms with Crippen LogP contribution in [0.3, 0.4) is 0 Å². The highest BCUT2D eigenvalue weighted by Crippen LogP contribution is 2.31. The van der Waals surface area contributed by atoms with Gasteiger partial charge in [-0.15, -0.1) is 11.8 Å². The highest BCUT2D eigenvalue weighted by Gasteiger charge is 2.18. The Balaban J connectivity index is 2.11. The van der Waals surface area contributed by atoms with Crippen LogP contribution in [0.5, 0.6) is 5.75 Å². The minimum absolute atomic E-state index is 0.0370. The molecule has 2 aromatic rings. The summed E-state index contributed by atoms with van der Waals surface area (Å²) in [5, 5.41) is 13.9. The van der Waals surface area contributed by atoms with E-state index in [2.05, 4.69) is 5.32 Å². The number of nitro groups is 1. The summed E-state index contributed by atoms with van der Waals surface area (Å²) in [6, 6.07) is 9.26. The van der Waals surface area contributed by atoms with Crippen LogP contribution in [-0.4, -0.2) is 29.6 Å². The van der Waals surface area contributed by atoms with Gasteiger partial charge in [0.2, 0.25) is 11.8 Å². The number of thioether (sulfide) groups is 1. The summed E-state index contributed by atoms with van der Waals surface area (Å²) in [7, 11) is 1.50. The average Bonchev–Trinajstić information content (AvgIpc) is 2.59. The molecular weight excluding hydrogens is 358 g/mol. The van der Waals surface area contributed by atoms with Crippen LogP contribution in [0.25, 0.3) is 0 Å². The minimum Gasteiger partial charge on any atom is -0.495 e. The van der Waals surface area contributed by atoms with E-state index in [1.165, 1.54) is 19.2 Å². The molecule has 8 nitrogen and oxygen atoms in total. The number of carbonyl (C=O) groups excluding carboxylic acids is 2. The van der Waals surface area contributed by atoms with Crippen molar-refractivity contribution in [2.75, 3.05) is 18.2 Å². The first-order valence-corrected chi connectivity index (χ1v) is 8.46. The zero-order valence-corrected chi connectivity index (χ0v) is 15.0. The molecule has 0 aliphatic carbocycles. The van der Waals surface area contributed by atoms with Crippen LogP contribution < -0.4 is 15.8 Å². The van der Waals surface area contributed by atoms with Gasteiger partial charge in [-0.3, -0.25) is 19.7 Å². The first kappa shape index (κ1) is 19.3.